The van der Waals surface area contributed by atoms with Crippen molar-refractivity contribution < 1.29 is 14.3 Å². The molecule has 0 aromatic heterocycles. The molecule has 1 aromatic rings. The Morgan fingerprint density at radius 2 is 2.15 bits per heavy atom. The molecule has 1 saturated heterocycles. The van der Waals surface area contributed by atoms with Crippen molar-refractivity contribution in [2.24, 2.45) is 5.92 Å². The number of hydrogen-bond acceptors (Lipinski definition) is 3. The van der Waals surface area contributed by atoms with Gasteiger partial charge in [-0.1, -0.05) is 6.08 Å². The summed E-state index contributed by atoms with van der Waals surface area (Å²) < 4.78 is 5.20. The second kappa shape index (κ2) is 9.07. The highest BCUT2D eigenvalue weighted by molar-refractivity contribution is 5.94. The van der Waals surface area contributed by atoms with Crippen LogP contribution in [0.1, 0.15) is 50.5 Å². The highest BCUT2D eigenvalue weighted by Crippen LogP contribution is 2.26. The summed E-state index contributed by atoms with van der Waals surface area (Å²) in [5, 5.41) is 3.00. The molecule has 5 nitrogen and oxygen atoms in total. The van der Waals surface area contributed by atoms with Crippen molar-refractivity contribution in [3.63, 3.8) is 0 Å². The fourth-order valence-corrected chi connectivity index (χ4v) is 4.00. The van der Waals surface area contributed by atoms with Gasteiger partial charge in [0, 0.05) is 30.8 Å². The maximum Gasteiger partial charge on any atom is 0.249 e. The number of carbonyl (C=O) groups is 2. The van der Waals surface area contributed by atoms with Gasteiger partial charge in [0.15, 0.2) is 0 Å². The van der Waals surface area contributed by atoms with E-state index in [2.05, 4.69) is 11.4 Å². The quantitative estimate of drug-likeness (QED) is 0.821. The van der Waals surface area contributed by atoms with E-state index < -0.39 is 0 Å². The van der Waals surface area contributed by atoms with E-state index in [9.17, 15) is 9.59 Å². The van der Waals surface area contributed by atoms with Gasteiger partial charge in [0.1, 0.15) is 5.75 Å². The number of likely N-dealkylation sites (tertiary alicyclic amines) is 1. The SMILES string of the molecule is COc1ccc(NC(=O)CC[C@H]2CCCN(C(=O)C3=CCCC3)C2)c(C)c1. The summed E-state index contributed by atoms with van der Waals surface area (Å²) in [6.45, 7) is 3.59. The van der Waals surface area contributed by atoms with Crippen molar-refractivity contribution in [1.29, 1.82) is 0 Å². The van der Waals surface area contributed by atoms with E-state index in [4.69, 9.17) is 4.74 Å². The summed E-state index contributed by atoms with van der Waals surface area (Å²) in [6, 6.07) is 5.64. The van der Waals surface area contributed by atoms with E-state index in [0.29, 0.717) is 12.3 Å². The first-order valence-electron chi connectivity index (χ1n) is 9.99. The predicted molar refractivity (Wildman–Crippen MR) is 107 cm³/mol. The Morgan fingerprint density at radius 3 is 2.85 bits per heavy atom. The van der Waals surface area contributed by atoms with E-state index in [1.165, 1.54) is 0 Å². The van der Waals surface area contributed by atoms with Gasteiger partial charge in [-0.25, -0.2) is 0 Å². The largest absolute Gasteiger partial charge is 0.497 e. The second-order valence-electron chi connectivity index (χ2n) is 7.65. The van der Waals surface area contributed by atoms with Crippen LogP contribution in [0.4, 0.5) is 5.69 Å². The number of hydrogen-bond donors (Lipinski definition) is 1. The molecule has 146 valence electrons. The van der Waals surface area contributed by atoms with Crippen LogP contribution in [0.5, 0.6) is 5.75 Å². The summed E-state index contributed by atoms with van der Waals surface area (Å²) in [6.07, 6.45) is 8.58. The lowest BCUT2D eigenvalue weighted by atomic mass is 9.92. The molecule has 2 aliphatic rings. The summed E-state index contributed by atoms with van der Waals surface area (Å²) in [4.78, 5) is 26.9. The van der Waals surface area contributed by atoms with Crippen LogP contribution in [0.2, 0.25) is 0 Å². The Morgan fingerprint density at radius 1 is 1.30 bits per heavy atom. The lowest BCUT2D eigenvalue weighted by Crippen LogP contribution is -2.40. The number of nitrogens with zero attached hydrogens (tertiary/aromatic N) is 1. The van der Waals surface area contributed by atoms with Crippen molar-refractivity contribution in [3.8, 4) is 5.75 Å². The third-order valence-corrected chi connectivity index (χ3v) is 5.61. The van der Waals surface area contributed by atoms with Gasteiger partial charge < -0.3 is 15.0 Å². The number of piperidine rings is 1. The third-order valence-electron chi connectivity index (χ3n) is 5.61. The Balaban J connectivity index is 1.47. The maximum atomic E-state index is 12.6. The molecule has 1 aliphatic carbocycles. The van der Waals surface area contributed by atoms with E-state index in [1.54, 1.807) is 7.11 Å². The van der Waals surface area contributed by atoms with Crippen molar-refractivity contribution in [3.05, 3.63) is 35.4 Å². The Kier molecular flexibility index (Phi) is 6.54. The highest BCUT2D eigenvalue weighted by Gasteiger charge is 2.26. The molecule has 27 heavy (non-hydrogen) atoms. The number of nitrogens with one attached hydrogen (secondary N) is 1. The van der Waals surface area contributed by atoms with E-state index in [1.807, 2.05) is 30.0 Å². The van der Waals surface area contributed by atoms with Crippen LogP contribution in [-0.4, -0.2) is 36.9 Å². The fourth-order valence-electron chi connectivity index (χ4n) is 4.00. The molecule has 1 heterocycles. The molecule has 0 bridgehead atoms. The van der Waals surface area contributed by atoms with Gasteiger partial charge in [0.25, 0.3) is 0 Å². The second-order valence-corrected chi connectivity index (χ2v) is 7.65. The van der Waals surface area contributed by atoms with E-state index >= 15 is 0 Å². The van der Waals surface area contributed by atoms with Crippen LogP contribution in [-0.2, 0) is 9.59 Å². The molecule has 0 saturated carbocycles. The molecule has 3 rings (SSSR count). The first-order chi connectivity index (χ1) is 13.1. The number of methoxy groups -OCH3 is 1. The molecule has 0 spiro atoms. The molecule has 1 N–H and O–H groups in total. The molecule has 1 atom stereocenters. The molecular weight excluding hydrogens is 340 g/mol. The highest BCUT2D eigenvalue weighted by atomic mass is 16.5. The predicted octanol–water partition coefficient (Wildman–Crippen LogP) is 4.07. The zero-order valence-corrected chi connectivity index (χ0v) is 16.4. The zero-order chi connectivity index (χ0) is 19.2. The van der Waals surface area contributed by atoms with Crippen LogP contribution in [0.3, 0.4) is 0 Å². The van der Waals surface area contributed by atoms with Gasteiger partial charge in [-0.2, -0.15) is 0 Å². The first-order valence-corrected chi connectivity index (χ1v) is 9.99. The van der Waals surface area contributed by atoms with Gasteiger partial charge in [-0.15, -0.1) is 0 Å². The lowest BCUT2D eigenvalue weighted by molar-refractivity contribution is -0.129. The molecule has 1 aromatic carbocycles. The Hall–Kier alpha value is -2.30. The average molecular weight is 370 g/mol. The van der Waals surface area contributed by atoms with Crippen LogP contribution >= 0.6 is 0 Å². The number of allylic oxidation sites excluding steroid dienone is 1. The van der Waals surface area contributed by atoms with E-state index in [0.717, 1.165) is 74.2 Å². The minimum absolute atomic E-state index is 0.0326. The van der Waals surface area contributed by atoms with Crippen molar-refractivity contribution >= 4 is 17.5 Å². The number of rotatable bonds is 6. The van der Waals surface area contributed by atoms with Crippen LogP contribution in [0, 0.1) is 12.8 Å². The summed E-state index contributed by atoms with van der Waals surface area (Å²) >= 11 is 0. The molecule has 1 aliphatic heterocycles. The molecule has 0 unspecified atom stereocenters. The van der Waals surface area contributed by atoms with Gasteiger partial charge in [0.2, 0.25) is 11.8 Å². The smallest absolute Gasteiger partial charge is 0.249 e. The van der Waals surface area contributed by atoms with Gasteiger partial charge >= 0.3 is 0 Å². The Labute approximate surface area is 161 Å². The molecular formula is C22H30N2O3. The number of carbonyl (C=O) groups excluding carboxylic acids is 2. The molecule has 1 fully saturated rings. The van der Waals surface area contributed by atoms with Crippen molar-refractivity contribution in [2.75, 3.05) is 25.5 Å². The van der Waals surface area contributed by atoms with Crippen LogP contribution < -0.4 is 10.1 Å². The number of amides is 2. The summed E-state index contributed by atoms with van der Waals surface area (Å²) in [5.41, 5.74) is 2.81. The molecule has 2 amide bonds. The number of anilines is 1. The summed E-state index contributed by atoms with van der Waals surface area (Å²) in [7, 11) is 1.63. The average Bonchev–Trinajstić information content (AvgIpc) is 3.22. The van der Waals surface area contributed by atoms with Gasteiger partial charge in [-0.3, -0.25) is 9.59 Å². The van der Waals surface area contributed by atoms with Crippen molar-refractivity contribution in [1.82, 2.24) is 4.90 Å². The molecule has 0 radical (unpaired) electrons. The minimum atomic E-state index is 0.0326. The standard InChI is InChI=1S/C22H30N2O3/c1-16-14-19(27-2)10-11-20(16)23-21(25)12-9-17-6-5-13-24(15-17)22(26)18-7-3-4-8-18/h7,10-11,14,17H,3-6,8-9,12-13,15H2,1-2H3,(H,23,25)/t17-/m1/s1. The van der Waals surface area contributed by atoms with E-state index in [-0.39, 0.29) is 11.8 Å². The number of aryl methyl sites for hydroxylation is 1. The van der Waals surface area contributed by atoms with Crippen LogP contribution in [0.15, 0.2) is 29.8 Å². The van der Waals surface area contributed by atoms with Crippen LogP contribution in [0.25, 0.3) is 0 Å². The van der Waals surface area contributed by atoms with Gasteiger partial charge in [0.05, 0.1) is 7.11 Å². The zero-order valence-electron chi connectivity index (χ0n) is 16.4. The third kappa shape index (κ3) is 5.12. The Bertz CT molecular complexity index is 726. The van der Waals surface area contributed by atoms with Gasteiger partial charge in [-0.05, 0) is 75.1 Å². The number of ether oxygens (including phenoxy) is 1. The normalized spacial score (nSPS) is 19.6. The van der Waals surface area contributed by atoms with Crippen molar-refractivity contribution in [2.45, 2.75) is 51.9 Å². The number of benzene rings is 1. The topological polar surface area (TPSA) is 58.6 Å². The summed E-state index contributed by atoms with van der Waals surface area (Å²) in [5.74, 6) is 1.45. The fraction of sp³-hybridized carbons (Fsp3) is 0.545. The maximum absolute atomic E-state index is 12.6. The first kappa shape index (κ1) is 19.5. The minimum Gasteiger partial charge on any atom is -0.497 e. The lowest BCUT2D eigenvalue weighted by Gasteiger charge is -2.33. The monoisotopic (exact) mass is 370 g/mol. The molecule has 5 heteroatoms.